The predicted molar refractivity (Wildman–Crippen MR) is 70.1 cm³/mol. The first kappa shape index (κ1) is 16.8. The fourth-order valence-electron chi connectivity index (χ4n) is 2.91. The molecule has 1 N–H and O–H groups in total. The third kappa shape index (κ3) is 6.61. The average Bonchev–Trinajstić information content (AvgIpc) is 2.66. The van der Waals surface area contributed by atoms with Crippen molar-refractivity contribution in [2.45, 2.75) is 58.2 Å². The van der Waals surface area contributed by atoms with Crippen molar-refractivity contribution < 1.29 is 17.9 Å². The van der Waals surface area contributed by atoms with Gasteiger partial charge in [0, 0.05) is 12.6 Å². The van der Waals surface area contributed by atoms with Gasteiger partial charge in [0.25, 0.3) is 0 Å². The van der Waals surface area contributed by atoms with Crippen LogP contribution in [0.2, 0.25) is 0 Å². The van der Waals surface area contributed by atoms with Crippen molar-refractivity contribution in [2.75, 3.05) is 19.8 Å². The fraction of sp³-hybridized carbons (Fsp3) is 1.00. The molecule has 0 heterocycles. The van der Waals surface area contributed by atoms with E-state index in [0.717, 1.165) is 25.8 Å². The van der Waals surface area contributed by atoms with E-state index < -0.39 is 12.8 Å². The average molecular weight is 281 g/mol. The molecule has 0 spiro atoms. The summed E-state index contributed by atoms with van der Waals surface area (Å²) >= 11 is 0. The van der Waals surface area contributed by atoms with Gasteiger partial charge in [0.15, 0.2) is 0 Å². The lowest BCUT2D eigenvalue weighted by Crippen LogP contribution is -2.33. The van der Waals surface area contributed by atoms with Gasteiger partial charge >= 0.3 is 6.18 Å². The zero-order valence-electron chi connectivity index (χ0n) is 11.9. The Balaban J connectivity index is 2.10. The molecule has 0 aromatic heterocycles. The van der Waals surface area contributed by atoms with Gasteiger partial charge in [-0.3, -0.25) is 0 Å². The van der Waals surface area contributed by atoms with Gasteiger partial charge in [0.05, 0.1) is 0 Å². The van der Waals surface area contributed by atoms with Gasteiger partial charge in [-0.15, -0.1) is 0 Å². The molecular weight excluding hydrogens is 255 g/mol. The molecule has 0 radical (unpaired) electrons. The van der Waals surface area contributed by atoms with Crippen molar-refractivity contribution >= 4 is 0 Å². The molecule has 3 unspecified atom stereocenters. The summed E-state index contributed by atoms with van der Waals surface area (Å²) in [6.07, 6.45) is 1.01. The van der Waals surface area contributed by atoms with Crippen molar-refractivity contribution in [1.29, 1.82) is 0 Å². The molecule has 114 valence electrons. The second kappa shape index (κ2) is 8.10. The molecule has 1 saturated carbocycles. The van der Waals surface area contributed by atoms with Gasteiger partial charge in [-0.1, -0.05) is 13.8 Å². The van der Waals surface area contributed by atoms with Crippen LogP contribution in [0, 0.1) is 11.8 Å². The Hall–Kier alpha value is -0.290. The number of alkyl halides is 3. The van der Waals surface area contributed by atoms with E-state index in [1.54, 1.807) is 0 Å². The molecule has 0 aromatic rings. The maximum atomic E-state index is 11.9. The molecule has 0 aliphatic heterocycles. The van der Waals surface area contributed by atoms with Crippen LogP contribution in [0.3, 0.4) is 0 Å². The standard InChI is InChI=1S/C14H26F3NO/c1-3-8-18-13-7-6-12(11(13)2)5-4-9-19-10-14(15,16)17/h11-13,18H,3-10H2,1-2H3. The quantitative estimate of drug-likeness (QED) is 0.684. The first-order valence-electron chi connectivity index (χ1n) is 7.32. The van der Waals surface area contributed by atoms with E-state index in [4.69, 9.17) is 0 Å². The number of rotatable bonds is 8. The Morgan fingerprint density at radius 1 is 1.26 bits per heavy atom. The minimum absolute atomic E-state index is 0.218. The van der Waals surface area contributed by atoms with E-state index in [1.165, 1.54) is 12.8 Å². The fourth-order valence-corrected chi connectivity index (χ4v) is 2.91. The van der Waals surface area contributed by atoms with E-state index in [-0.39, 0.29) is 6.61 Å². The zero-order valence-corrected chi connectivity index (χ0v) is 11.9. The molecule has 5 heteroatoms. The topological polar surface area (TPSA) is 21.3 Å². The van der Waals surface area contributed by atoms with Crippen LogP contribution in [-0.2, 0) is 4.74 Å². The maximum Gasteiger partial charge on any atom is 0.411 e. The lowest BCUT2D eigenvalue weighted by Gasteiger charge is -2.21. The Morgan fingerprint density at radius 3 is 2.63 bits per heavy atom. The van der Waals surface area contributed by atoms with Crippen molar-refractivity contribution in [3.8, 4) is 0 Å². The van der Waals surface area contributed by atoms with Gasteiger partial charge in [0.1, 0.15) is 6.61 Å². The Labute approximate surface area is 114 Å². The van der Waals surface area contributed by atoms with E-state index >= 15 is 0 Å². The van der Waals surface area contributed by atoms with E-state index in [2.05, 4.69) is 23.9 Å². The molecule has 0 aromatic carbocycles. The Morgan fingerprint density at radius 2 is 2.00 bits per heavy atom. The normalized spacial score (nSPS) is 27.9. The van der Waals surface area contributed by atoms with Crippen molar-refractivity contribution in [3.63, 3.8) is 0 Å². The number of halogens is 3. The van der Waals surface area contributed by atoms with Crippen LogP contribution in [-0.4, -0.2) is 32.0 Å². The number of ether oxygens (including phenoxy) is 1. The van der Waals surface area contributed by atoms with Gasteiger partial charge in [-0.2, -0.15) is 13.2 Å². The summed E-state index contributed by atoms with van der Waals surface area (Å²) in [6, 6.07) is 0.584. The maximum absolute atomic E-state index is 11.9. The van der Waals surface area contributed by atoms with Gasteiger partial charge in [0.2, 0.25) is 0 Å². The van der Waals surface area contributed by atoms with Crippen LogP contribution in [0.1, 0.15) is 46.0 Å². The highest BCUT2D eigenvalue weighted by atomic mass is 19.4. The first-order valence-corrected chi connectivity index (χ1v) is 7.32. The zero-order chi connectivity index (χ0) is 14.3. The van der Waals surface area contributed by atoms with Crippen LogP contribution in [0.25, 0.3) is 0 Å². The van der Waals surface area contributed by atoms with Crippen LogP contribution in [0.4, 0.5) is 13.2 Å². The molecule has 1 fully saturated rings. The molecule has 1 rings (SSSR count). The Bertz CT molecular complexity index is 245. The first-order chi connectivity index (χ1) is 8.94. The minimum Gasteiger partial charge on any atom is -0.372 e. The van der Waals surface area contributed by atoms with Gasteiger partial charge in [-0.05, 0) is 50.5 Å². The lowest BCUT2D eigenvalue weighted by molar-refractivity contribution is -0.174. The SMILES string of the molecule is CCCNC1CCC(CCCOCC(F)(F)F)C1C. The molecule has 19 heavy (non-hydrogen) atoms. The highest BCUT2D eigenvalue weighted by molar-refractivity contribution is 4.86. The summed E-state index contributed by atoms with van der Waals surface area (Å²) in [5, 5.41) is 3.55. The third-order valence-corrected chi connectivity index (χ3v) is 4.01. The van der Waals surface area contributed by atoms with E-state index in [1.807, 2.05) is 0 Å². The van der Waals surface area contributed by atoms with E-state index in [0.29, 0.717) is 17.9 Å². The predicted octanol–water partition coefficient (Wildman–Crippen LogP) is 3.76. The third-order valence-electron chi connectivity index (χ3n) is 4.01. The largest absolute Gasteiger partial charge is 0.411 e. The van der Waals surface area contributed by atoms with Gasteiger partial charge < -0.3 is 10.1 Å². The minimum atomic E-state index is -4.20. The van der Waals surface area contributed by atoms with Crippen LogP contribution in [0.5, 0.6) is 0 Å². The van der Waals surface area contributed by atoms with E-state index in [9.17, 15) is 13.2 Å². The van der Waals surface area contributed by atoms with Crippen molar-refractivity contribution in [2.24, 2.45) is 11.8 Å². The molecule has 3 atom stereocenters. The highest BCUT2D eigenvalue weighted by Crippen LogP contribution is 2.34. The number of hydrogen-bond acceptors (Lipinski definition) is 2. The lowest BCUT2D eigenvalue weighted by atomic mass is 9.91. The van der Waals surface area contributed by atoms with Crippen molar-refractivity contribution in [3.05, 3.63) is 0 Å². The molecule has 1 aliphatic carbocycles. The molecule has 0 amide bonds. The number of nitrogens with one attached hydrogen (secondary N) is 1. The molecule has 1 aliphatic rings. The monoisotopic (exact) mass is 281 g/mol. The van der Waals surface area contributed by atoms with Crippen LogP contribution in [0.15, 0.2) is 0 Å². The molecular formula is C14H26F3NO. The summed E-state index contributed by atoms with van der Waals surface area (Å²) in [4.78, 5) is 0. The Kier molecular flexibility index (Phi) is 7.15. The second-order valence-corrected chi connectivity index (χ2v) is 5.57. The summed E-state index contributed by atoms with van der Waals surface area (Å²) in [7, 11) is 0. The summed E-state index contributed by atoms with van der Waals surface area (Å²) in [5.41, 5.74) is 0. The molecule has 0 bridgehead atoms. The highest BCUT2D eigenvalue weighted by Gasteiger charge is 2.32. The summed E-state index contributed by atoms with van der Waals surface area (Å²) in [6.45, 7) is 4.56. The molecule has 2 nitrogen and oxygen atoms in total. The second-order valence-electron chi connectivity index (χ2n) is 5.57. The summed E-state index contributed by atoms with van der Waals surface area (Å²) in [5.74, 6) is 1.25. The van der Waals surface area contributed by atoms with Crippen molar-refractivity contribution in [1.82, 2.24) is 5.32 Å². The van der Waals surface area contributed by atoms with Crippen LogP contribution < -0.4 is 5.32 Å². The van der Waals surface area contributed by atoms with Crippen LogP contribution >= 0.6 is 0 Å². The summed E-state index contributed by atoms with van der Waals surface area (Å²) < 4.78 is 40.3. The smallest absolute Gasteiger partial charge is 0.372 e. The molecule has 0 saturated heterocycles. The van der Waals surface area contributed by atoms with Gasteiger partial charge in [-0.25, -0.2) is 0 Å². The number of hydrogen-bond donors (Lipinski definition) is 1.